The molecule has 0 bridgehead atoms. The number of likely N-dealkylation sites (N-methyl/N-ethyl adjacent to an activating group) is 1. The van der Waals surface area contributed by atoms with Gasteiger partial charge in [0.25, 0.3) is 5.91 Å². The van der Waals surface area contributed by atoms with Gasteiger partial charge in [0.1, 0.15) is 5.82 Å². The van der Waals surface area contributed by atoms with E-state index in [0.29, 0.717) is 16.9 Å². The molecule has 1 saturated heterocycles. The maximum Gasteiger partial charge on any atom is 0.255 e. The molecule has 0 radical (unpaired) electrons. The number of hydrogen-bond donors (Lipinski definition) is 2. The van der Waals surface area contributed by atoms with Gasteiger partial charge in [-0.3, -0.25) is 9.52 Å². The lowest BCUT2D eigenvalue weighted by atomic mass is 10.2. The summed E-state index contributed by atoms with van der Waals surface area (Å²) in [6, 6.07) is 10.1. The largest absolute Gasteiger partial charge is 0.354 e. The summed E-state index contributed by atoms with van der Waals surface area (Å²) in [4.78, 5) is 21.4. The average Bonchev–Trinajstić information content (AvgIpc) is 2.69. The predicted molar refractivity (Wildman–Crippen MR) is 111 cm³/mol. The molecule has 1 aliphatic heterocycles. The van der Waals surface area contributed by atoms with Gasteiger partial charge in [0.2, 0.25) is 10.0 Å². The highest BCUT2D eigenvalue weighted by atomic mass is 32.2. The third kappa shape index (κ3) is 5.20. The molecule has 9 heteroatoms. The molecule has 0 atom stereocenters. The molecule has 0 unspecified atom stereocenters. The van der Waals surface area contributed by atoms with E-state index in [2.05, 4.69) is 31.9 Å². The zero-order chi connectivity index (χ0) is 20.1. The Hall–Kier alpha value is -2.65. The first-order valence-electron chi connectivity index (χ1n) is 9.18. The highest BCUT2D eigenvalue weighted by molar-refractivity contribution is 7.92. The number of sulfonamides is 1. The van der Waals surface area contributed by atoms with Gasteiger partial charge in [0.05, 0.1) is 17.6 Å². The van der Waals surface area contributed by atoms with Crippen molar-refractivity contribution in [3.63, 3.8) is 0 Å². The summed E-state index contributed by atoms with van der Waals surface area (Å²) >= 11 is 0. The molecule has 2 heterocycles. The van der Waals surface area contributed by atoms with Crippen molar-refractivity contribution in [3.05, 3.63) is 48.2 Å². The topological polar surface area (TPSA) is 94.6 Å². The Balaban J connectivity index is 1.64. The van der Waals surface area contributed by atoms with E-state index in [0.717, 1.165) is 32.0 Å². The van der Waals surface area contributed by atoms with Crippen molar-refractivity contribution in [2.45, 2.75) is 6.92 Å². The minimum absolute atomic E-state index is 0.0330. The molecule has 2 N–H and O–H groups in total. The molecular formula is C19H25N5O3S. The number of nitrogens with zero attached hydrogens (tertiary/aromatic N) is 3. The van der Waals surface area contributed by atoms with Gasteiger partial charge in [-0.15, -0.1) is 0 Å². The van der Waals surface area contributed by atoms with Crippen molar-refractivity contribution in [2.75, 3.05) is 53.9 Å². The van der Waals surface area contributed by atoms with Gasteiger partial charge in [-0.1, -0.05) is 6.07 Å². The van der Waals surface area contributed by atoms with Crippen molar-refractivity contribution < 1.29 is 13.2 Å². The minimum atomic E-state index is -3.39. The van der Waals surface area contributed by atoms with Crippen LogP contribution in [0.5, 0.6) is 0 Å². The van der Waals surface area contributed by atoms with E-state index in [4.69, 9.17) is 0 Å². The molecule has 3 rings (SSSR count). The monoisotopic (exact) mass is 403 g/mol. The number of piperazine rings is 1. The van der Waals surface area contributed by atoms with Gasteiger partial charge in [-0.2, -0.15) is 0 Å². The molecule has 2 aromatic rings. The Labute approximate surface area is 165 Å². The van der Waals surface area contributed by atoms with Crippen molar-refractivity contribution in [2.24, 2.45) is 0 Å². The van der Waals surface area contributed by atoms with Crippen LogP contribution < -0.4 is 14.9 Å². The fourth-order valence-corrected chi connectivity index (χ4v) is 3.49. The van der Waals surface area contributed by atoms with Gasteiger partial charge in [0, 0.05) is 37.4 Å². The molecule has 8 nitrogen and oxygen atoms in total. The van der Waals surface area contributed by atoms with E-state index in [-0.39, 0.29) is 11.7 Å². The molecule has 0 spiro atoms. The summed E-state index contributed by atoms with van der Waals surface area (Å²) in [6.45, 7) is 5.40. The van der Waals surface area contributed by atoms with Crippen LogP contribution in [0.1, 0.15) is 17.3 Å². The standard InChI is InChI=1S/C19H25N5O3S/c1-3-28(26,27)22-16-6-4-5-15(13-16)19(25)21-17-7-8-18(20-14-17)24-11-9-23(2)10-12-24/h4-8,13-14,22H,3,9-12H2,1-2H3,(H,21,25). The van der Waals surface area contributed by atoms with Crippen molar-refractivity contribution in [1.29, 1.82) is 0 Å². The van der Waals surface area contributed by atoms with Crippen LogP contribution >= 0.6 is 0 Å². The molecule has 0 aliphatic carbocycles. The Bertz CT molecular complexity index is 923. The van der Waals surface area contributed by atoms with E-state index >= 15 is 0 Å². The highest BCUT2D eigenvalue weighted by Gasteiger charge is 2.15. The maximum absolute atomic E-state index is 12.5. The first kappa shape index (κ1) is 20.1. The van der Waals surface area contributed by atoms with Crippen LogP contribution in [-0.4, -0.2) is 63.2 Å². The number of aromatic nitrogens is 1. The van der Waals surface area contributed by atoms with Gasteiger partial charge >= 0.3 is 0 Å². The zero-order valence-electron chi connectivity index (χ0n) is 16.1. The molecule has 0 saturated carbocycles. The lowest BCUT2D eigenvalue weighted by molar-refractivity contribution is 0.102. The van der Waals surface area contributed by atoms with E-state index in [1.807, 2.05) is 12.1 Å². The van der Waals surface area contributed by atoms with Crippen LogP contribution in [0.4, 0.5) is 17.2 Å². The Morgan fingerprint density at radius 3 is 2.50 bits per heavy atom. The second-order valence-electron chi connectivity index (χ2n) is 6.74. The molecule has 1 aliphatic rings. The van der Waals surface area contributed by atoms with Crippen LogP contribution in [0.25, 0.3) is 0 Å². The van der Waals surface area contributed by atoms with Gasteiger partial charge in [0.15, 0.2) is 0 Å². The number of amides is 1. The van der Waals surface area contributed by atoms with Crippen LogP contribution in [-0.2, 0) is 10.0 Å². The van der Waals surface area contributed by atoms with Crippen molar-refractivity contribution in [3.8, 4) is 0 Å². The Morgan fingerprint density at radius 2 is 1.86 bits per heavy atom. The van der Waals surface area contributed by atoms with Gasteiger partial charge in [-0.25, -0.2) is 13.4 Å². The summed E-state index contributed by atoms with van der Waals surface area (Å²) < 4.78 is 25.8. The Kier molecular flexibility index (Phi) is 6.15. The minimum Gasteiger partial charge on any atom is -0.354 e. The molecule has 1 aromatic carbocycles. The van der Waals surface area contributed by atoms with Crippen LogP contribution in [0.3, 0.4) is 0 Å². The third-order valence-corrected chi connectivity index (χ3v) is 5.92. The maximum atomic E-state index is 12.5. The SMILES string of the molecule is CCS(=O)(=O)Nc1cccc(C(=O)Nc2ccc(N3CCN(C)CC3)nc2)c1. The fourth-order valence-electron chi connectivity index (χ4n) is 2.86. The number of carbonyl (C=O) groups excluding carboxylic acids is 1. The molecule has 150 valence electrons. The molecule has 1 aromatic heterocycles. The second-order valence-corrected chi connectivity index (χ2v) is 8.75. The number of pyridine rings is 1. The van der Waals surface area contributed by atoms with Gasteiger partial charge < -0.3 is 15.1 Å². The lowest BCUT2D eigenvalue weighted by Gasteiger charge is -2.33. The van der Waals surface area contributed by atoms with E-state index in [1.54, 1.807) is 31.3 Å². The van der Waals surface area contributed by atoms with Crippen molar-refractivity contribution in [1.82, 2.24) is 9.88 Å². The quantitative estimate of drug-likeness (QED) is 0.764. The van der Waals surface area contributed by atoms with E-state index < -0.39 is 10.0 Å². The average molecular weight is 404 g/mol. The second kappa shape index (κ2) is 8.57. The summed E-state index contributed by atoms with van der Waals surface area (Å²) in [7, 11) is -1.29. The first-order valence-corrected chi connectivity index (χ1v) is 10.8. The number of carbonyl (C=O) groups is 1. The normalized spacial score (nSPS) is 15.3. The zero-order valence-corrected chi connectivity index (χ0v) is 16.9. The Morgan fingerprint density at radius 1 is 1.11 bits per heavy atom. The number of nitrogens with one attached hydrogen (secondary N) is 2. The van der Waals surface area contributed by atoms with Crippen LogP contribution in [0.2, 0.25) is 0 Å². The molecular weight excluding hydrogens is 378 g/mol. The summed E-state index contributed by atoms with van der Waals surface area (Å²) in [5.74, 6) is 0.531. The van der Waals surface area contributed by atoms with Crippen molar-refractivity contribution >= 4 is 33.1 Å². The first-order chi connectivity index (χ1) is 13.4. The number of benzene rings is 1. The third-order valence-electron chi connectivity index (χ3n) is 4.61. The molecule has 1 amide bonds. The van der Waals surface area contributed by atoms with E-state index in [9.17, 15) is 13.2 Å². The predicted octanol–water partition coefficient (Wildman–Crippen LogP) is 1.85. The number of anilines is 3. The number of hydrogen-bond acceptors (Lipinski definition) is 6. The van der Waals surface area contributed by atoms with Crippen LogP contribution in [0, 0.1) is 0 Å². The smallest absolute Gasteiger partial charge is 0.255 e. The lowest BCUT2D eigenvalue weighted by Crippen LogP contribution is -2.44. The molecule has 28 heavy (non-hydrogen) atoms. The molecule has 1 fully saturated rings. The fraction of sp³-hybridized carbons (Fsp3) is 0.368. The summed E-state index contributed by atoms with van der Waals surface area (Å²) in [6.07, 6.45) is 1.63. The van der Waals surface area contributed by atoms with Crippen LogP contribution in [0.15, 0.2) is 42.6 Å². The number of rotatable bonds is 6. The highest BCUT2D eigenvalue weighted by Crippen LogP contribution is 2.18. The summed E-state index contributed by atoms with van der Waals surface area (Å²) in [5.41, 5.74) is 1.31. The summed E-state index contributed by atoms with van der Waals surface area (Å²) in [5, 5.41) is 2.79. The van der Waals surface area contributed by atoms with Gasteiger partial charge in [-0.05, 0) is 44.3 Å². The van der Waals surface area contributed by atoms with E-state index in [1.165, 1.54) is 6.07 Å².